The number of allylic oxidation sites excluding steroid dienone is 6. The highest BCUT2D eigenvalue weighted by atomic mass is 16.5. The van der Waals surface area contributed by atoms with Crippen molar-refractivity contribution in [2.24, 2.45) is 0 Å². The standard InChI is InChI=1S/C26H24O5/c1-3-5-7-9-25(28)30-23-15-13-20(14-16-23)11-12-21-17-22(27)19-24(18-21)31-26(29)10-8-6-4-2/h3-19,27H,1-2H3/b5-3+,6-4+,9-7+,10-8+,12-11+. The molecule has 1 N–H and O–H groups in total. The van der Waals surface area contributed by atoms with Crippen molar-refractivity contribution in [3.8, 4) is 17.2 Å². The Morgan fingerprint density at radius 3 is 1.84 bits per heavy atom. The van der Waals surface area contributed by atoms with Crippen molar-refractivity contribution in [2.45, 2.75) is 13.8 Å². The predicted molar refractivity (Wildman–Crippen MR) is 123 cm³/mol. The smallest absolute Gasteiger partial charge is 0.336 e. The molecule has 0 spiro atoms. The molecule has 0 atom stereocenters. The predicted octanol–water partition coefficient (Wildman–Crippen LogP) is 5.64. The van der Waals surface area contributed by atoms with E-state index in [-0.39, 0.29) is 11.5 Å². The maximum Gasteiger partial charge on any atom is 0.336 e. The molecule has 0 fully saturated rings. The van der Waals surface area contributed by atoms with Crippen molar-refractivity contribution in [1.82, 2.24) is 0 Å². The van der Waals surface area contributed by atoms with Crippen LogP contribution in [0, 0.1) is 0 Å². The van der Waals surface area contributed by atoms with E-state index in [1.54, 1.807) is 72.9 Å². The van der Waals surface area contributed by atoms with Gasteiger partial charge >= 0.3 is 11.9 Å². The fourth-order valence-corrected chi connectivity index (χ4v) is 2.39. The van der Waals surface area contributed by atoms with Gasteiger partial charge in [-0.1, -0.05) is 60.7 Å². The number of ether oxygens (including phenoxy) is 2. The summed E-state index contributed by atoms with van der Waals surface area (Å²) in [6.07, 6.45) is 16.5. The van der Waals surface area contributed by atoms with Crippen LogP contribution in [-0.2, 0) is 9.59 Å². The van der Waals surface area contributed by atoms with Gasteiger partial charge in [0.25, 0.3) is 0 Å². The lowest BCUT2D eigenvalue weighted by Crippen LogP contribution is -2.03. The maximum absolute atomic E-state index is 11.8. The summed E-state index contributed by atoms with van der Waals surface area (Å²) in [7, 11) is 0. The van der Waals surface area contributed by atoms with Gasteiger partial charge < -0.3 is 14.6 Å². The summed E-state index contributed by atoms with van der Waals surface area (Å²) < 4.78 is 10.4. The van der Waals surface area contributed by atoms with Crippen molar-refractivity contribution in [1.29, 1.82) is 0 Å². The van der Waals surface area contributed by atoms with Crippen LogP contribution >= 0.6 is 0 Å². The molecular formula is C26H24O5. The van der Waals surface area contributed by atoms with Gasteiger partial charge in [-0.25, -0.2) is 9.59 Å². The second-order valence-corrected chi connectivity index (χ2v) is 6.27. The van der Waals surface area contributed by atoms with E-state index in [0.29, 0.717) is 11.3 Å². The number of rotatable bonds is 8. The Hall–Kier alpha value is -4.12. The molecule has 0 amide bonds. The third kappa shape index (κ3) is 8.83. The molecule has 5 heteroatoms. The quantitative estimate of drug-likeness (QED) is 0.198. The van der Waals surface area contributed by atoms with Crippen molar-refractivity contribution in [3.05, 3.63) is 102 Å². The molecule has 0 heterocycles. The average Bonchev–Trinajstić information content (AvgIpc) is 2.73. The van der Waals surface area contributed by atoms with E-state index in [4.69, 9.17) is 9.47 Å². The number of carbonyl (C=O) groups is 2. The molecule has 31 heavy (non-hydrogen) atoms. The van der Waals surface area contributed by atoms with Gasteiger partial charge in [0.1, 0.15) is 17.2 Å². The second kappa shape index (κ2) is 12.4. The maximum atomic E-state index is 11.8. The largest absolute Gasteiger partial charge is 0.508 e. The molecule has 2 aromatic rings. The lowest BCUT2D eigenvalue weighted by atomic mass is 10.1. The first kappa shape index (κ1) is 23.2. The van der Waals surface area contributed by atoms with Gasteiger partial charge in [-0.3, -0.25) is 0 Å². The van der Waals surface area contributed by atoms with Gasteiger partial charge in [-0.05, 0) is 49.2 Å². The van der Waals surface area contributed by atoms with Crippen LogP contribution in [0.15, 0.2) is 91.1 Å². The molecule has 0 aliphatic rings. The Bertz CT molecular complexity index is 1040. The number of hydrogen-bond donors (Lipinski definition) is 1. The van der Waals surface area contributed by atoms with Crippen LogP contribution in [0.1, 0.15) is 25.0 Å². The SMILES string of the molecule is C/C=C/C=C/C(=O)Oc1ccc(/C=C/c2cc(O)cc(OC(=O)/C=C/C=C/C)c2)cc1. The van der Waals surface area contributed by atoms with Crippen LogP contribution in [0.3, 0.4) is 0 Å². The van der Waals surface area contributed by atoms with E-state index in [1.807, 2.05) is 26.0 Å². The molecule has 0 saturated carbocycles. The number of benzene rings is 2. The minimum Gasteiger partial charge on any atom is -0.508 e. The van der Waals surface area contributed by atoms with Gasteiger partial charge in [-0.15, -0.1) is 0 Å². The third-order valence-electron chi connectivity index (χ3n) is 3.77. The Balaban J connectivity index is 2.03. The van der Waals surface area contributed by atoms with Crippen LogP contribution in [-0.4, -0.2) is 17.0 Å². The van der Waals surface area contributed by atoms with Crippen molar-refractivity contribution in [2.75, 3.05) is 0 Å². The summed E-state index contributed by atoms with van der Waals surface area (Å²) in [5, 5.41) is 9.90. The molecule has 0 bridgehead atoms. The number of esters is 2. The zero-order chi connectivity index (χ0) is 22.5. The molecule has 0 aliphatic heterocycles. The van der Waals surface area contributed by atoms with Crippen molar-refractivity contribution in [3.63, 3.8) is 0 Å². The van der Waals surface area contributed by atoms with E-state index in [2.05, 4.69) is 0 Å². The highest BCUT2D eigenvalue weighted by molar-refractivity contribution is 5.85. The summed E-state index contributed by atoms with van der Waals surface area (Å²) in [6.45, 7) is 3.70. The lowest BCUT2D eigenvalue weighted by molar-refractivity contribution is -0.129. The van der Waals surface area contributed by atoms with Gasteiger partial charge in [0.05, 0.1) is 0 Å². The first-order chi connectivity index (χ1) is 15.0. The molecule has 2 rings (SSSR count). The molecule has 2 aromatic carbocycles. The fraction of sp³-hybridized carbons (Fsp3) is 0.0769. The molecule has 0 aromatic heterocycles. The first-order valence-corrected chi connectivity index (χ1v) is 9.64. The van der Waals surface area contributed by atoms with Crippen LogP contribution in [0.4, 0.5) is 0 Å². The molecule has 0 radical (unpaired) electrons. The molecule has 0 unspecified atom stereocenters. The summed E-state index contributed by atoms with van der Waals surface area (Å²) in [4.78, 5) is 23.5. The van der Waals surface area contributed by atoms with Gasteiger partial charge in [-0.2, -0.15) is 0 Å². The Morgan fingerprint density at radius 1 is 0.710 bits per heavy atom. The van der Waals surface area contributed by atoms with E-state index >= 15 is 0 Å². The Labute approximate surface area is 181 Å². The highest BCUT2D eigenvalue weighted by Crippen LogP contribution is 2.24. The summed E-state index contributed by atoms with van der Waals surface area (Å²) in [6, 6.07) is 11.5. The Kier molecular flexibility index (Phi) is 9.30. The number of hydrogen-bond acceptors (Lipinski definition) is 5. The highest BCUT2D eigenvalue weighted by Gasteiger charge is 2.04. The summed E-state index contributed by atoms with van der Waals surface area (Å²) >= 11 is 0. The third-order valence-corrected chi connectivity index (χ3v) is 3.77. The van der Waals surface area contributed by atoms with Crippen molar-refractivity contribution >= 4 is 24.1 Å². The molecular weight excluding hydrogens is 392 g/mol. The van der Waals surface area contributed by atoms with E-state index in [0.717, 1.165) is 5.56 Å². The minimum absolute atomic E-state index is 0.0179. The molecule has 0 saturated heterocycles. The summed E-state index contributed by atoms with van der Waals surface area (Å²) in [5.74, 6) is -0.337. The van der Waals surface area contributed by atoms with Crippen molar-refractivity contribution < 1.29 is 24.2 Å². The van der Waals surface area contributed by atoms with Gasteiger partial charge in [0, 0.05) is 18.2 Å². The second-order valence-electron chi connectivity index (χ2n) is 6.27. The lowest BCUT2D eigenvalue weighted by Gasteiger charge is -2.04. The number of phenols is 1. The topological polar surface area (TPSA) is 72.8 Å². The van der Waals surface area contributed by atoms with Crippen LogP contribution in [0.25, 0.3) is 12.2 Å². The van der Waals surface area contributed by atoms with Gasteiger partial charge in [0.15, 0.2) is 0 Å². The van der Waals surface area contributed by atoms with Gasteiger partial charge in [0.2, 0.25) is 0 Å². The van der Waals surface area contributed by atoms with E-state index in [1.165, 1.54) is 18.2 Å². The zero-order valence-corrected chi connectivity index (χ0v) is 17.4. The zero-order valence-electron chi connectivity index (χ0n) is 17.4. The molecule has 5 nitrogen and oxygen atoms in total. The van der Waals surface area contributed by atoms with Crippen LogP contribution < -0.4 is 9.47 Å². The van der Waals surface area contributed by atoms with E-state index in [9.17, 15) is 14.7 Å². The van der Waals surface area contributed by atoms with Crippen LogP contribution in [0.5, 0.6) is 17.2 Å². The van der Waals surface area contributed by atoms with E-state index < -0.39 is 11.9 Å². The number of aromatic hydroxyl groups is 1. The average molecular weight is 416 g/mol. The number of phenolic OH excluding ortho intramolecular Hbond substituents is 1. The molecule has 0 aliphatic carbocycles. The normalized spacial score (nSPS) is 11.9. The minimum atomic E-state index is -0.538. The monoisotopic (exact) mass is 416 g/mol. The Morgan fingerprint density at radius 2 is 1.26 bits per heavy atom. The molecule has 158 valence electrons. The fourth-order valence-electron chi connectivity index (χ4n) is 2.39. The first-order valence-electron chi connectivity index (χ1n) is 9.64. The number of carbonyl (C=O) groups excluding carboxylic acids is 2. The summed E-state index contributed by atoms with van der Waals surface area (Å²) in [5.41, 5.74) is 1.52. The van der Waals surface area contributed by atoms with Crippen LogP contribution in [0.2, 0.25) is 0 Å².